The molecule has 1 aromatic rings. The normalized spacial score (nSPS) is 23.1. The molecule has 18 heavy (non-hydrogen) atoms. The van der Waals surface area contributed by atoms with Gasteiger partial charge in [-0.2, -0.15) is 0 Å². The van der Waals surface area contributed by atoms with E-state index in [9.17, 15) is 4.79 Å². The predicted octanol–water partition coefficient (Wildman–Crippen LogP) is 2.05. The first-order valence-corrected chi connectivity index (χ1v) is 6.12. The maximum Gasteiger partial charge on any atom is 0.337 e. The third-order valence-corrected chi connectivity index (χ3v) is 3.64. The number of carboxylic acid groups (broad SMARTS) is 1. The van der Waals surface area contributed by atoms with Crippen LogP contribution in [-0.4, -0.2) is 41.9 Å². The van der Waals surface area contributed by atoms with Crippen LogP contribution in [0, 0.1) is 0 Å². The van der Waals surface area contributed by atoms with Crippen molar-refractivity contribution in [2.75, 3.05) is 18.6 Å². The van der Waals surface area contributed by atoms with Gasteiger partial charge in [0, 0.05) is 19.9 Å². The number of aromatic nitrogens is 1. The molecular weight excluding hydrogens is 256 g/mol. The van der Waals surface area contributed by atoms with E-state index in [1.54, 1.807) is 0 Å². The van der Waals surface area contributed by atoms with E-state index < -0.39 is 5.97 Å². The smallest absolute Gasteiger partial charge is 0.337 e. The molecule has 0 saturated carbocycles. The Kier molecular flexibility index (Phi) is 3.73. The van der Waals surface area contributed by atoms with E-state index in [1.807, 2.05) is 18.9 Å². The number of hydrogen-bond acceptors (Lipinski definition) is 4. The summed E-state index contributed by atoms with van der Waals surface area (Å²) in [5, 5.41) is 9.21. The summed E-state index contributed by atoms with van der Waals surface area (Å²) in [6.45, 7) is 2.69. The molecule has 1 aliphatic heterocycles. The number of carboxylic acids is 1. The number of likely N-dealkylation sites (N-methyl/N-ethyl adjacent to an activating group) is 1. The van der Waals surface area contributed by atoms with E-state index in [0.717, 1.165) is 6.42 Å². The topological polar surface area (TPSA) is 62.7 Å². The molecule has 2 heterocycles. The van der Waals surface area contributed by atoms with Gasteiger partial charge < -0.3 is 14.7 Å². The lowest BCUT2D eigenvalue weighted by Gasteiger charge is -2.28. The number of rotatable bonds is 3. The molecule has 2 atom stereocenters. The maximum absolute atomic E-state index is 11.0. The van der Waals surface area contributed by atoms with E-state index in [-0.39, 0.29) is 22.7 Å². The molecule has 2 rings (SSSR count). The number of nitrogens with zero attached hydrogens (tertiary/aromatic N) is 2. The summed E-state index contributed by atoms with van der Waals surface area (Å²) in [5.41, 5.74) is 0.0695. The molecule has 0 radical (unpaired) electrons. The highest BCUT2D eigenvalue weighted by Crippen LogP contribution is 2.30. The first-order valence-electron chi connectivity index (χ1n) is 5.74. The molecule has 6 heteroatoms. The lowest BCUT2D eigenvalue weighted by molar-refractivity contribution is 0.0697. The lowest BCUT2D eigenvalue weighted by atomic mass is 10.1. The molecule has 0 bridgehead atoms. The summed E-state index contributed by atoms with van der Waals surface area (Å²) in [5.74, 6) is -0.563. The van der Waals surface area contributed by atoms with Gasteiger partial charge in [-0.3, -0.25) is 0 Å². The number of halogens is 1. The fourth-order valence-electron chi connectivity index (χ4n) is 2.23. The highest BCUT2D eigenvalue weighted by molar-refractivity contribution is 6.35. The summed E-state index contributed by atoms with van der Waals surface area (Å²) in [4.78, 5) is 17.1. The quantitative estimate of drug-likeness (QED) is 0.911. The molecule has 0 aliphatic carbocycles. The van der Waals surface area contributed by atoms with E-state index >= 15 is 0 Å². The van der Waals surface area contributed by atoms with Crippen LogP contribution in [-0.2, 0) is 4.74 Å². The highest BCUT2D eigenvalue weighted by Gasteiger charge is 2.30. The summed E-state index contributed by atoms with van der Waals surface area (Å²) >= 11 is 6.10. The lowest BCUT2D eigenvalue weighted by Crippen LogP contribution is -2.37. The van der Waals surface area contributed by atoms with Gasteiger partial charge in [-0.25, -0.2) is 9.78 Å². The van der Waals surface area contributed by atoms with Crippen LogP contribution in [0.15, 0.2) is 12.3 Å². The predicted molar refractivity (Wildman–Crippen MR) is 68.4 cm³/mol. The number of hydrogen-bond donors (Lipinski definition) is 1. The van der Waals surface area contributed by atoms with Crippen molar-refractivity contribution in [3.8, 4) is 0 Å². The Labute approximate surface area is 110 Å². The summed E-state index contributed by atoms with van der Waals surface area (Å²) in [6.07, 6.45) is 2.43. The van der Waals surface area contributed by atoms with E-state index in [1.165, 1.54) is 12.3 Å². The van der Waals surface area contributed by atoms with Gasteiger partial charge in [0.1, 0.15) is 5.82 Å². The molecule has 1 fully saturated rings. The van der Waals surface area contributed by atoms with Crippen LogP contribution in [0.2, 0.25) is 5.02 Å². The fourth-order valence-corrected chi connectivity index (χ4v) is 2.56. The van der Waals surface area contributed by atoms with Crippen LogP contribution in [0.1, 0.15) is 23.7 Å². The van der Waals surface area contributed by atoms with Crippen LogP contribution in [0.5, 0.6) is 0 Å². The van der Waals surface area contributed by atoms with Crippen molar-refractivity contribution in [3.63, 3.8) is 0 Å². The second kappa shape index (κ2) is 5.12. The van der Waals surface area contributed by atoms with Gasteiger partial charge in [-0.15, -0.1) is 0 Å². The Bertz CT molecular complexity index is 467. The second-order valence-electron chi connectivity index (χ2n) is 4.34. The average Bonchev–Trinajstić information content (AvgIpc) is 2.74. The van der Waals surface area contributed by atoms with Crippen LogP contribution < -0.4 is 4.90 Å². The Morgan fingerprint density at radius 3 is 2.94 bits per heavy atom. The summed E-state index contributed by atoms with van der Waals surface area (Å²) in [7, 11) is 1.86. The maximum atomic E-state index is 11.0. The van der Waals surface area contributed by atoms with Gasteiger partial charge in [0.2, 0.25) is 0 Å². The van der Waals surface area contributed by atoms with Gasteiger partial charge in [0.25, 0.3) is 0 Å². The number of anilines is 1. The van der Waals surface area contributed by atoms with Crippen molar-refractivity contribution < 1.29 is 14.6 Å². The van der Waals surface area contributed by atoms with Crippen molar-refractivity contribution >= 4 is 23.4 Å². The van der Waals surface area contributed by atoms with E-state index in [0.29, 0.717) is 12.4 Å². The second-order valence-corrected chi connectivity index (χ2v) is 4.72. The van der Waals surface area contributed by atoms with Crippen molar-refractivity contribution in [1.29, 1.82) is 0 Å². The molecule has 0 amide bonds. The highest BCUT2D eigenvalue weighted by atomic mass is 35.5. The van der Waals surface area contributed by atoms with Crippen molar-refractivity contribution in [3.05, 3.63) is 22.8 Å². The third-order valence-electron chi connectivity index (χ3n) is 3.27. The molecule has 0 aromatic carbocycles. The zero-order valence-corrected chi connectivity index (χ0v) is 11.0. The van der Waals surface area contributed by atoms with Crippen molar-refractivity contribution in [2.24, 2.45) is 0 Å². The minimum atomic E-state index is -1.05. The number of carbonyl (C=O) groups is 1. The van der Waals surface area contributed by atoms with Crippen LogP contribution in [0.3, 0.4) is 0 Å². The Morgan fingerprint density at radius 2 is 2.39 bits per heavy atom. The molecular formula is C12H15ClN2O3. The Hall–Kier alpha value is -1.33. The van der Waals surface area contributed by atoms with E-state index in [4.69, 9.17) is 21.4 Å². The van der Waals surface area contributed by atoms with Gasteiger partial charge in [0.05, 0.1) is 22.7 Å². The molecule has 1 N–H and O–H groups in total. The third kappa shape index (κ3) is 2.28. The largest absolute Gasteiger partial charge is 0.478 e. The SMILES string of the molecule is CC1OCCC1N(C)c1nccc(C(=O)O)c1Cl. The number of pyridine rings is 1. The number of aromatic carboxylic acids is 1. The molecule has 1 aliphatic rings. The fraction of sp³-hybridized carbons (Fsp3) is 0.500. The van der Waals surface area contributed by atoms with E-state index in [2.05, 4.69) is 4.98 Å². The van der Waals surface area contributed by atoms with Crippen LogP contribution in [0.25, 0.3) is 0 Å². The molecule has 98 valence electrons. The molecule has 5 nitrogen and oxygen atoms in total. The van der Waals surface area contributed by atoms with Crippen molar-refractivity contribution in [1.82, 2.24) is 4.98 Å². The first-order chi connectivity index (χ1) is 8.52. The molecule has 0 spiro atoms. The van der Waals surface area contributed by atoms with Crippen LogP contribution >= 0.6 is 11.6 Å². The van der Waals surface area contributed by atoms with Crippen molar-refractivity contribution in [2.45, 2.75) is 25.5 Å². The Balaban J connectivity index is 2.33. The first kappa shape index (κ1) is 13.1. The zero-order chi connectivity index (χ0) is 13.3. The minimum Gasteiger partial charge on any atom is -0.478 e. The molecule has 1 aromatic heterocycles. The average molecular weight is 271 g/mol. The van der Waals surface area contributed by atoms with Gasteiger partial charge in [0.15, 0.2) is 0 Å². The monoisotopic (exact) mass is 270 g/mol. The zero-order valence-electron chi connectivity index (χ0n) is 10.3. The minimum absolute atomic E-state index is 0.0695. The van der Waals surface area contributed by atoms with Gasteiger partial charge in [-0.1, -0.05) is 11.6 Å². The summed E-state index contributed by atoms with van der Waals surface area (Å²) in [6, 6.07) is 1.57. The molecule has 2 unspecified atom stereocenters. The molecule has 1 saturated heterocycles. The Morgan fingerprint density at radius 1 is 1.67 bits per heavy atom. The van der Waals surface area contributed by atoms with Gasteiger partial charge in [-0.05, 0) is 19.4 Å². The van der Waals surface area contributed by atoms with Crippen LogP contribution in [0.4, 0.5) is 5.82 Å². The summed E-state index contributed by atoms with van der Waals surface area (Å²) < 4.78 is 5.50. The number of ether oxygens (including phenoxy) is 1. The van der Waals surface area contributed by atoms with Gasteiger partial charge >= 0.3 is 5.97 Å². The standard InChI is InChI=1S/C12H15ClN2O3/c1-7-9(4-6-18-7)15(2)11-10(13)8(12(16)17)3-5-14-11/h3,5,7,9H,4,6H2,1-2H3,(H,16,17).